The Morgan fingerprint density at radius 1 is 1.29 bits per heavy atom. The molecular formula is C30H36N4O. The van der Waals surface area contributed by atoms with E-state index in [0.717, 1.165) is 78.0 Å². The zero-order valence-electron chi connectivity index (χ0n) is 21.4. The summed E-state index contributed by atoms with van der Waals surface area (Å²) in [4.78, 5) is 5.00. The van der Waals surface area contributed by atoms with Crippen LogP contribution in [0.1, 0.15) is 79.2 Å². The Bertz CT molecular complexity index is 1330. The SMILES string of the molecule is C=C(Cc1c(C#N)c2c(C)cc(C)nc2n1C1CCCc2ccccc21)NC1CCOC(C)(C)C1. The molecule has 3 aromatic rings. The highest BCUT2D eigenvalue weighted by molar-refractivity contribution is 5.89. The lowest BCUT2D eigenvalue weighted by Gasteiger charge is -2.36. The van der Waals surface area contributed by atoms with Crippen LogP contribution in [0.4, 0.5) is 0 Å². The Morgan fingerprint density at radius 3 is 2.86 bits per heavy atom. The van der Waals surface area contributed by atoms with Crippen molar-refractivity contribution in [3.63, 3.8) is 0 Å². The topological polar surface area (TPSA) is 62.9 Å². The summed E-state index contributed by atoms with van der Waals surface area (Å²) < 4.78 is 8.27. The summed E-state index contributed by atoms with van der Waals surface area (Å²) in [5.74, 6) is 0. The van der Waals surface area contributed by atoms with E-state index in [2.05, 4.69) is 73.6 Å². The zero-order chi connectivity index (χ0) is 24.7. The first kappa shape index (κ1) is 23.6. The van der Waals surface area contributed by atoms with E-state index in [-0.39, 0.29) is 11.6 Å². The van der Waals surface area contributed by atoms with Gasteiger partial charge in [-0.3, -0.25) is 0 Å². The standard InChI is InChI=1S/C30H36N4O/c1-19-15-20(2)33-29-28(19)25(18-31)27(16-21(3)32-23-13-14-35-30(4,5)17-23)34(29)26-12-8-10-22-9-6-7-11-24(22)26/h6-7,9,11,15,23,26,32H,3,8,10,12-14,16-17H2,1-2,4-5H3. The van der Waals surface area contributed by atoms with Gasteiger partial charge in [0.1, 0.15) is 11.7 Å². The molecule has 1 N–H and O–H groups in total. The van der Waals surface area contributed by atoms with Crippen molar-refractivity contribution in [3.05, 3.63) is 76.2 Å². The van der Waals surface area contributed by atoms with Crippen molar-refractivity contribution in [2.75, 3.05) is 6.61 Å². The molecule has 5 rings (SSSR count). The van der Waals surface area contributed by atoms with Gasteiger partial charge >= 0.3 is 0 Å². The van der Waals surface area contributed by atoms with Crippen LogP contribution in [0.15, 0.2) is 42.6 Å². The van der Waals surface area contributed by atoms with Gasteiger partial charge in [-0.15, -0.1) is 0 Å². The molecule has 0 amide bonds. The number of hydrogen-bond donors (Lipinski definition) is 1. The van der Waals surface area contributed by atoms with Crippen molar-refractivity contribution in [3.8, 4) is 6.07 Å². The number of hydrogen-bond acceptors (Lipinski definition) is 4. The molecule has 3 heterocycles. The maximum Gasteiger partial charge on any atom is 0.142 e. The summed E-state index contributed by atoms with van der Waals surface area (Å²) in [5, 5.41) is 15.0. The van der Waals surface area contributed by atoms with E-state index >= 15 is 0 Å². The van der Waals surface area contributed by atoms with E-state index in [0.29, 0.717) is 12.5 Å². The molecule has 2 unspecified atom stereocenters. The second-order valence-corrected chi connectivity index (χ2v) is 10.9. The quantitative estimate of drug-likeness (QED) is 0.495. The molecule has 1 fully saturated rings. The maximum absolute atomic E-state index is 10.4. The predicted octanol–water partition coefficient (Wildman–Crippen LogP) is 6.05. The van der Waals surface area contributed by atoms with Crippen molar-refractivity contribution >= 4 is 11.0 Å². The van der Waals surface area contributed by atoms with E-state index in [1.54, 1.807) is 0 Å². The molecule has 0 saturated carbocycles. The zero-order valence-corrected chi connectivity index (χ0v) is 21.4. The molecule has 1 aromatic carbocycles. The summed E-state index contributed by atoms with van der Waals surface area (Å²) in [5.41, 5.74) is 8.36. The van der Waals surface area contributed by atoms with Gasteiger partial charge in [0.2, 0.25) is 0 Å². The van der Waals surface area contributed by atoms with Crippen molar-refractivity contribution in [2.24, 2.45) is 0 Å². The van der Waals surface area contributed by atoms with E-state index in [9.17, 15) is 5.26 Å². The lowest BCUT2D eigenvalue weighted by molar-refractivity contribution is -0.0616. The molecule has 2 aliphatic rings. The minimum Gasteiger partial charge on any atom is -0.386 e. The molecule has 0 radical (unpaired) electrons. The molecule has 1 aliphatic carbocycles. The highest BCUT2D eigenvalue weighted by Gasteiger charge is 2.31. The largest absolute Gasteiger partial charge is 0.386 e. The number of nitriles is 1. The van der Waals surface area contributed by atoms with Crippen LogP contribution in [0.5, 0.6) is 0 Å². The first-order chi connectivity index (χ1) is 16.8. The monoisotopic (exact) mass is 468 g/mol. The Balaban J connectivity index is 1.60. The summed E-state index contributed by atoms with van der Waals surface area (Å²) in [7, 11) is 0. The molecule has 1 aliphatic heterocycles. The lowest BCUT2D eigenvalue weighted by atomic mass is 9.87. The van der Waals surface area contributed by atoms with Crippen molar-refractivity contribution < 1.29 is 4.74 Å². The van der Waals surface area contributed by atoms with Gasteiger partial charge < -0.3 is 14.6 Å². The third-order valence-corrected chi connectivity index (χ3v) is 7.63. The fourth-order valence-electron chi connectivity index (χ4n) is 6.22. The van der Waals surface area contributed by atoms with Gasteiger partial charge in [-0.05, 0) is 82.6 Å². The minimum atomic E-state index is -0.132. The van der Waals surface area contributed by atoms with E-state index < -0.39 is 0 Å². The van der Waals surface area contributed by atoms with Crippen LogP contribution in [-0.2, 0) is 17.6 Å². The average Bonchev–Trinajstić information content (AvgIpc) is 3.10. The van der Waals surface area contributed by atoms with Gasteiger partial charge in [0.05, 0.1) is 17.2 Å². The third-order valence-electron chi connectivity index (χ3n) is 7.63. The van der Waals surface area contributed by atoms with E-state index in [1.165, 1.54) is 11.1 Å². The number of aryl methyl sites for hydroxylation is 3. The van der Waals surface area contributed by atoms with Crippen LogP contribution in [-0.4, -0.2) is 27.8 Å². The number of aromatic nitrogens is 2. The van der Waals surface area contributed by atoms with Crippen molar-refractivity contribution in [1.82, 2.24) is 14.9 Å². The van der Waals surface area contributed by atoms with E-state index in [1.807, 2.05) is 6.92 Å². The van der Waals surface area contributed by atoms with Crippen molar-refractivity contribution in [1.29, 1.82) is 5.26 Å². The van der Waals surface area contributed by atoms with Gasteiger partial charge in [-0.25, -0.2) is 4.98 Å². The molecule has 2 atom stereocenters. The molecule has 35 heavy (non-hydrogen) atoms. The Kier molecular flexibility index (Phi) is 6.19. The molecule has 5 heteroatoms. The molecule has 2 aromatic heterocycles. The fraction of sp³-hybridized carbons (Fsp3) is 0.467. The summed E-state index contributed by atoms with van der Waals surface area (Å²) in [6.45, 7) is 13.6. The lowest BCUT2D eigenvalue weighted by Crippen LogP contribution is -2.43. The molecule has 0 bridgehead atoms. The van der Waals surface area contributed by atoms with E-state index in [4.69, 9.17) is 9.72 Å². The average molecular weight is 469 g/mol. The number of allylic oxidation sites excluding steroid dienone is 1. The predicted molar refractivity (Wildman–Crippen MR) is 140 cm³/mol. The third kappa shape index (κ3) is 4.48. The number of nitrogens with one attached hydrogen (secondary N) is 1. The Morgan fingerprint density at radius 2 is 2.09 bits per heavy atom. The maximum atomic E-state index is 10.4. The van der Waals surface area contributed by atoms with Gasteiger partial charge in [-0.1, -0.05) is 30.8 Å². The second kappa shape index (κ2) is 9.17. The highest BCUT2D eigenvalue weighted by Crippen LogP contribution is 2.39. The number of rotatable bonds is 5. The van der Waals surface area contributed by atoms with Crippen LogP contribution < -0.4 is 5.32 Å². The first-order valence-electron chi connectivity index (χ1n) is 12.8. The smallest absolute Gasteiger partial charge is 0.142 e. The number of nitrogens with zero attached hydrogens (tertiary/aromatic N) is 3. The molecule has 1 saturated heterocycles. The summed E-state index contributed by atoms with van der Waals surface area (Å²) >= 11 is 0. The second-order valence-electron chi connectivity index (χ2n) is 10.9. The van der Waals surface area contributed by atoms with Gasteiger partial charge in [-0.2, -0.15) is 5.26 Å². The van der Waals surface area contributed by atoms with Gasteiger partial charge in [0, 0.05) is 41.5 Å². The fourth-order valence-corrected chi connectivity index (χ4v) is 6.22. The number of pyridine rings is 1. The van der Waals surface area contributed by atoms with Crippen LogP contribution in [0.25, 0.3) is 11.0 Å². The van der Waals surface area contributed by atoms with Crippen molar-refractivity contribution in [2.45, 2.75) is 83.9 Å². The molecule has 182 valence electrons. The molecule has 0 spiro atoms. The highest BCUT2D eigenvalue weighted by atomic mass is 16.5. The Labute approximate surface area is 208 Å². The number of fused-ring (bicyclic) bond motifs is 2. The molecular weight excluding hydrogens is 432 g/mol. The van der Waals surface area contributed by atoms with Gasteiger partial charge in [0.15, 0.2) is 0 Å². The first-order valence-corrected chi connectivity index (χ1v) is 12.8. The number of ether oxygens (including phenoxy) is 1. The normalized spacial score (nSPS) is 21.3. The van der Waals surface area contributed by atoms with Crippen LogP contribution in [0.3, 0.4) is 0 Å². The van der Waals surface area contributed by atoms with Crippen LogP contribution in [0.2, 0.25) is 0 Å². The Hall–Kier alpha value is -3.10. The van der Waals surface area contributed by atoms with Crippen LogP contribution in [0, 0.1) is 25.2 Å². The van der Waals surface area contributed by atoms with Gasteiger partial charge in [0.25, 0.3) is 0 Å². The summed E-state index contributed by atoms with van der Waals surface area (Å²) in [6.07, 6.45) is 5.79. The van der Waals surface area contributed by atoms with Crippen LogP contribution >= 0.6 is 0 Å². The minimum absolute atomic E-state index is 0.132. The number of benzene rings is 1. The summed E-state index contributed by atoms with van der Waals surface area (Å²) in [6, 6.07) is 13.9. The molecule has 5 nitrogen and oxygen atoms in total.